The first-order valence-electron chi connectivity index (χ1n) is 6.86. The van der Waals surface area contributed by atoms with Gasteiger partial charge < -0.3 is 15.5 Å². The van der Waals surface area contributed by atoms with Gasteiger partial charge in [-0.2, -0.15) is 0 Å². The molecule has 1 aromatic rings. The minimum absolute atomic E-state index is 0. The Kier molecular flexibility index (Phi) is 5.84. The lowest BCUT2D eigenvalue weighted by molar-refractivity contribution is -0.132. The normalized spacial score (nSPS) is 16.6. The number of hydrogen-bond donors (Lipinski definition) is 1. The summed E-state index contributed by atoms with van der Waals surface area (Å²) < 4.78 is 0. The minimum Gasteiger partial charge on any atom is -0.368 e. The summed E-state index contributed by atoms with van der Waals surface area (Å²) in [6.45, 7) is 9.31. The quantitative estimate of drug-likeness (QED) is 0.904. The first-order valence-corrected chi connectivity index (χ1v) is 6.86. The number of hydrogen-bond acceptors (Lipinski definition) is 3. The molecule has 1 unspecified atom stereocenters. The van der Waals surface area contributed by atoms with E-state index in [-0.39, 0.29) is 18.3 Å². The maximum absolute atomic E-state index is 11.8. The third-order valence-electron chi connectivity index (χ3n) is 3.90. The average molecular weight is 298 g/mol. The number of nitrogens with two attached hydrogens (primary N) is 1. The van der Waals surface area contributed by atoms with E-state index in [1.807, 2.05) is 4.90 Å². The van der Waals surface area contributed by atoms with E-state index in [9.17, 15) is 4.79 Å². The highest BCUT2D eigenvalue weighted by atomic mass is 35.5. The molecule has 0 radical (unpaired) electrons. The second-order valence-electron chi connectivity index (χ2n) is 5.32. The van der Waals surface area contributed by atoms with E-state index in [1.165, 1.54) is 16.8 Å². The van der Waals surface area contributed by atoms with Crippen LogP contribution in [-0.4, -0.2) is 43.0 Å². The number of benzene rings is 1. The van der Waals surface area contributed by atoms with Crippen molar-refractivity contribution in [3.05, 3.63) is 29.3 Å². The van der Waals surface area contributed by atoms with Gasteiger partial charge in [0.1, 0.15) is 0 Å². The van der Waals surface area contributed by atoms with Crippen molar-refractivity contribution in [2.75, 3.05) is 31.1 Å². The number of halogens is 1. The lowest BCUT2D eigenvalue weighted by Crippen LogP contribution is -2.52. The van der Waals surface area contributed by atoms with E-state index in [0.717, 1.165) is 26.2 Å². The molecule has 2 N–H and O–H groups in total. The lowest BCUT2D eigenvalue weighted by atomic mass is 10.1. The molecule has 4 nitrogen and oxygen atoms in total. The van der Waals surface area contributed by atoms with Gasteiger partial charge in [-0.05, 0) is 38.0 Å². The first kappa shape index (κ1) is 16.8. The number of anilines is 1. The van der Waals surface area contributed by atoms with Crippen molar-refractivity contribution in [3.8, 4) is 0 Å². The summed E-state index contributed by atoms with van der Waals surface area (Å²) in [6, 6.07) is 5.99. The molecule has 0 spiro atoms. The van der Waals surface area contributed by atoms with Crippen LogP contribution in [0.25, 0.3) is 0 Å². The molecule has 1 atom stereocenters. The molecule has 5 heteroatoms. The van der Waals surface area contributed by atoms with Crippen molar-refractivity contribution >= 4 is 24.0 Å². The molecule has 2 rings (SSSR count). The Bertz CT molecular complexity index is 468. The molecule has 1 aromatic carbocycles. The Balaban J connectivity index is 0.00000200. The van der Waals surface area contributed by atoms with E-state index in [4.69, 9.17) is 5.73 Å². The SMILES string of the molecule is Cc1cccc(N2CCN(C(=O)C(C)N)CC2)c1C.Cl. The molecule has 1 saturated heterocycles. The van der Waals surface area contributed by atoms with E-state index < -0.39 is 6.04 Å². The molecule has 112 valence electrons. The molecule has 0 aromatic heterocycles. The third kappa shape index (κ3) is 3.44. The maximum atomic E-state index is 11.8. The predicted octanol–water partition coefficient (Wildman–Crippen LogP) is 1.72. The first-order chi connectivity index (χ1) is 9.00. The largest absolute Gasteiger partial charge is 0.368 e. The van der Waals surface area contributed by atoms with Gasteiger partial charge in [0, 0.05) is 31.9 Å². The van der Waals surface area contributed by atoms with E-state index >= 15 is 0 Å². The highest BCUT2D eigenvalue weighted by Crippen LogP contribution is 2.23. The van der Waals surface area contributed by atoms with Gasteiger partial charge in [0.2, 0.25) is 5.91 Å². The molecule has 1 aliphatic heterocycles. The van der Waals surface area contributed by atoms with Gasteiger partial charge in [0.05, 0.1) is 6.04 Å². The molecule has 0 bridgehead atoms. The summed E-state index contributed by atoms with van der Waals surface area (Å²) in [6.07, 6.45) is 0. The van der Waals surface area contributed by atoms with Gasteiger partial charge in [-0.1, -0.05) is 12.1 Å². The van der Waals surface area contributed by atoms with E-state index in [1.54, 1.807) is 6.92 Å². The summed E-state index contributed by atoms with van der Waals surface area (Å²) in [5.74, 6) is 0.0561. The van der Waals surface area contributed by atoms with Crippen molar-refractivity contribution < 1.29 is 4.79 Å². The van der Waals surface area contributed by atoms with Crippen LogP contribution in [0, 0.1) is 13.8 Å². The van der Waals surface area contributed by atoms with Crippen LogP contribution in [0.3, 0.4) is 0 Å². The van der Waals surface area contributed by atoms with Crippen molar-refractivity contribution in [1.82, 2.24) is 4.90 Å². The van der Waals surface area contributed by atoms with Gasteiger partial charge in [0.15, 0.2) is 0 Å². The Morgan fingerprint density at radius 1 is 1.20 bits per heavy atom. The van der Waals surface area contributed by atoms with Crippen LogP contribution in [0.15, 0.2) is 18.2 Å². The lowest BCUT2D eigenvalue weighted by Gasteiger charge is -2.37. The number of piperazine rings is 1. The summed E-state index contributed by atoms with van der Waals surface area (Å²) in [4.78, 5) is 16.1. The monoisotopic (exact) mass is 297 g/mol. The number of nitrogens with zero attached hydrogens (tertiary/aromatic N) is 2. The average Bonchev–Trinajstić information content (AvgIpc) is 2.41. The van der Waals surface area contributed by atoms with Gasteiger partial charge in [-0.3, -0.25) is 4.79 Å². The molecule has 1 amide bonds. The molecular formula is C15H24ClN3O. The van der Waals surface area contributed by atoms with Crippen molar-refractivity contribution in [2.24, 2.45) is 5.73 Å². The smallest absolute Gasteiger partial charge is 0.239 e. The fourth-order valence-electron chi connectivity index (χ4n) is 2.53. The second kappa shape index (κ2) is 6.95. The summed E-state index contributed by atoms with van der Waals surface area (Å²) >= 11 is 0. The molecule has 1 heterocycles. The Morgan fingerprint density at radius 3 is 2.35 bits per heavy atom. The molecule has 20 heavy (non-hydrogen) atoms. The topological polar surface area (TPSA) is 49.6 Å². The number of rotatable bonds is 2. The highest BCUT2D eigenvalue weighted by Gasteiger charge is 2.23. The molecule has 1 fully saturated rings. The number of carbonyl (C=O) groups is 1. The van der Waals surface area contributed by atoms with Crippen LogP contribution in [0.4, 0.5) is 5.69 Å². The predicted molar refractivity (Wildman–Crippen MR) is 85.6 cm³/mol. The molecule has 0 aliphatic carbocycles. The standard InChI is InChI=1S/C15H23N3O.ClH/c1-11-5-4-6-14(12(11)2)17-7-9-18(10-8-17)15(19)13(3)16;/h4-6,13H,7-10,16H2,1-3H3;1H. The maximum Gasteiger partial charge on any atom is 0.239 e. The Morgan fingerprint density at radius 2 is 1.80 bits per heavy atom. The van der Waals surface area contributed by atoms with E-state index in [0.29, 0.717) is 0 Å². The van der Waals surface area contributed by atoms with Crippen LogP contribution in [-0.2, 0) is 4.79 Å². The molecule has 0 saturated carbocycles. The van der Waals surface area contributed by atoms with E-state index in [2.05, 4.69) is 36.9 Å². The summed E-state index contributed by atoms with van der Waals surface area (Å²) in [7, 11) is 0. The van der Waals surface area contributed by atoms with Gasteiger partial charge in [0.25, 0.3) is 0 Å². The van der Waals surface area contributed by atoms with Crippen LogP contribution in [0.1, 0.15) is 18.1 Å². The van der Waals surface area contributed by atoms with Gasteiger partial charge in [-0.15, -0.1) is 12.4 Å². The fourth-order valence-corrected chi connectivity index (χ4v) is 2.53. The highest BCUT2D eigenvalue weighted by molar-refractivity contribution is 5.85. The third-order valence-corrected chi connectivity index (χ3v) is 3.90. The summed E-state index contributed by atoms with van der Waals surface area (Å²) in [5.41, 5.74) is 9.58. The Labute approximate surface area is 127 Å². The number of aryl methyl sites for hydroxylation is 1. The zero-order valence-corrected chi connectivity index (χ0v) is 13.2. The van der Waals surface area contributed by atoms with Crippen molar-refractivity contribution in [2.45, 2.75) is 26.8 Å². The second-order valence-corrected chi connectivity index (χ2v) is 5.32. The minimum atomic E-state index is -0.396. The zero-order chi connectivity index (χ0) is 14.0. The number of carbonyl (C=O) groups excluding carboxylic acids is 1. The zero-order valence-electron chi connectivity index (χ0n) is 12.4. The van der Waals surface area contributed by atoms with Crippen LogP contribution < -0.4 is 10.6 Å². The summed E-state index contributed by atoms with van der Waals surface area (Å²) in [5, 5.41) is 0. The van der Waals surface area contributed by atoms with Crippen LogP contribution >= 0.6 is 12.4 Å². The van der Waals surface area contributed by atoms with Crippen molar-refractivity contribution in [3.63, 3.8) is 0 Å². The molecular weight excluding hydrogens is 274 g/mol. The van der Waals surface area contributed by atoms with Crippen LogP contribution in [0.5, 0.6) is 0 Å². The Hall–Kier alpha value is -1.26. The number of amides is 1. The van der Waals surface area contributed by atoms with Gasteiger partial charge >= 0.3 is 0 Å². The van der Waals surface area contributed by atoms with Crippen LogP contribution in [0.2, 0.25) is 0 Å². The molecule has 1 aliphatic rings. The van der Waals surface area contributed by atoms with Gasteiger partial charge in [-0.25, -0.2) is 0 Å². The fraction of sp³-hybridized carbons (Fsp3) is 0.533. The van der Waals surface area contributed by atoms with Crippen molar-refractivity contribution in [1.29, 1.82) is 0 Å².